The molecule has 2 aromatic carbocycles. The van der Waals surface area contributed by atoms with E-state index in [4.69, 9.17) is 0 Å². The molecule has 1 heterocycles. The Morgan fingerprint density at radius 2 is 1.81 bits per heavy atom. The van der Waals surface area contributed by atoms with Crippen molar-refractivity contribution in [3.63, 3.8) is 0 Å². The number of sulfonamides is 1. The highest BCUT2D eigenvalue weighted by molar-refractivity contribution is 7.89. The van der Waals surface area contributed by atoms with E-state index >= 15 is 0 Å². The molecular formula is C20H24N2O3S2. The van der Waals surface area contributed by atoms with Crippen LogP contribution in [0.5, 0.6) is 0 Å². The Balaban J connectivity index is 1.96. The van der Waals surface area contributed by atoms with E-state index in [1.54, 1.807) is 22.8 Å². The maximum absolute atomic E-state index is 12.9. The van der Waals surface area contributed by atoms with E-state index in [0.717, 1.165) is 28.0 Å². The summed E-state index contributed by atoms with van der Waals surface area (Å²) in [6.07, 6.45) is 0.642. The van der Waals surface area contributed by atoms with Gasteiger partial charge in [-0.2, -0.15) is 0 Å². The number of thiazole rings is 1. The summed E-state index contributed by atoms with van der Waals surface area (Å²) in [6, 6.07) is 10.6. The van der Waals surface area contributed by atoms with Crippen LogP contribution in [-0.2, 0) is 16.6 Å². The summed E-state index contributed by atoms with van der Waals surface area (Å²) in [4.78, 5) is 12.1. The highest BCUT2D eigenvalue weighted by Gasteiger charge is 2.21. The van der Waals surface area contributed by atoms with Crippen molar-refractivity contribution >= 4 is 31.6 Å². The molecule has 0 spiro atoms. The van der Waals surface area contributed by atoms with E-state index in [9.17, 15) is 13.2 Å². The van der Waals surface area contributed by atoms with Gasteiger partial charge in [0.15, 0.2) is 0 Å². The predicted molar refractivity (Wildman–Crippen MR) is 111 cm³/mol. The Morgan fingerprint density at radius 1 is 1.07 bits per heavy atom. The van der Waals surface area contributed by atoms with Gasteiger partial charge < -0.3 is 0 Å². The minimum atomic E-state index is -3.70. The minimum absolute atomic E-state index is 0.0726. The first kappa shape index (κ1) is 19.8. The summed E-state index contributed by atoms with van der Waals surface area (Å²) in [5, 5.41) is 0. The minimum Gasteiger partial charge on any atom is -0.299 e. The topological polar surface area (TPSA) is 68.2 Å². The van der Waals surface area contributed by atoms with E-state index < -0.39 is 10.0 Å². The number of fused-ring (bicyclic) bond motifs is 1. The van der Waals surface area contributed by atoms with Crippen molar-refractivity contribution in [3.05, 3.63) is 62.8 Å². The SMILES string of the molecule is CCC(NS(=O)(=O)c1ccc2c(c1)sc(=O)n2CC)c1ccc(C)c(C)c1. The molecule has 0 amide bonds. The summed E-state index contributed by atoms with van der Waals surface area (Å²) < 4.78 is 31.0. The van der Waals surface area contributed by atoms with Crippen molar-refractivity contribution in [2.24, 2.45) is 0 Å². The van der Waals surface area contributed by atoms with Gasteiger partial charge in [0.25, 0.3) is 0 Å². The molecule has 0 aliphatic carbocycles. The predicted octanol–water partition coefficient (Wildman–Crippen LogP) is 4.13. The monoisotopic (exact) mass is 404 g/mol. The van der Waals surface area contributed by atoms with Crippen molar-refractivity contribution < 1.29 is 8.42 Å². The molecule has 1 unspecified atom stereocenters. The lowest BCUT2D eigenvalue weighted by Gasteiger charge is -2.19. The Bertz CT molecular complexity index is 1140. The van der Waals surface area contributed by atoms with Crippen LogP contribution in [0.1, 0.15) is 43.0 Å². The molecule has 3 aromatic rings. The van der Waals surface area contributed by atoms with Gasteiger partial charge >= 0.3 is 4.87 Å². The number of nitrogens with zero attached hydrogens (tertiary/aromatic N) is 1. The summed E-state index contributed by atoms with van der Waals surface area (Å²) in [5.74, 6) is 0. The maximum Gasteiger partial charge on any atom is 0.308 e. The molecule has 5 nitrogen and oxygen atoms in total. The van der Waals surface area contributed by atoms with Gasteiger partial charge in [-0.15, -0.1) is 0 Å². The molecule has 3 rings (SSSR count). The van der Waals surface area contributed by atoms with E-state index in [2.05, 4.69) is 4.72 Å². The average molecular weight is 405 g/mol. The first-order valence-corrected chi connectivity index (χ1v) is 11.3. The van der Waals surface area contributed by atoms with Crippen molar-refractivity contribution in [2.75, 3.05) is 0 Å². The Kier molecular flexibility index (Phi) is 5.55. The molecule has 0 aliphatic heterocycles. The molecule has 0 saturated heterocycles. The largest absolute Gasteiger partial charge is 0.308 e. The molecule has 144 valence electrons. The van der Waals surface area contributed by atoms with Gasteiger partial charge in [0.2, 0.25) is 10.0 Å². The van der Waals surface area contributed by atoms with Crippen LogP contribution >= 0.6 is 11.3 Å². The first-order valence-electron chi connectivity index (χ1n) is 8.99. The van der Waals surface area contributed by atoms with Crippen molar-refractivity contribution in [1.29, 1.82) is 0 Å². The molecule has 0 fully saturated rings. The van der Waals surface area contributed by atoms with E-state index in [1.807, 2.05) is 45.9 Å². The van der Waals surface area contributed by atoms with Crippen LogP contribution in [0.15, 0.2) is 46.1 Å². The van der Waals surface area contributed by atoms with Crippen LogP contribution in [0.3, 0.4) is 0 Å². The molecule has 0 radical (unpaired) electrons. The van der Waals surface area contributed by atoms with Crippen molar-refractivity contribution in [2.45, 2.75) is 51.6 Å². The summed E-state index contributed by atoms with van der Waals surface area (Å²) >= 11 is 1.07. The van der Waals surface area contributed by atoms with Gasteiger partial charge in [0.1, 0.15) is 0 Å². The third kappa shape index (κ3) is 3.85. The lowest BCUT2D eigenvalue weighted by Crippen LogP contribution is -2.28. The molecule has 7 heteroatoms. The Morgan fingerprint density at radius 3 is 2.44 bits per heavy atom. The number of rotatable bonds is 6. The second-order valence-corrected chi connectivity index (χ2v) is 9.37. The molecule has 0 bridgehead atoms. The Labute approximate surface area is 163 Å². The zero-order chi connectivity index (χ0) is 19.8. The van der Waals surface area contributed by atoms with Crippen LogP contribution in [0, 0.1) is 13.8 Å². The zero-order valence-corrected chi connectivity index (χ0v) is 17.6. The highest BCUT2D eigenvalue weighted by Crippen LogP contribution is 2.25. The second kappa shape index (κ2) is 7.58. The second-order valence-electron chi connectivity index (χ2n) is 6.67. The summed E-state index contributed by atoms with van der Waals surface area (Å²) in [5.41, 5.74) is 4.04. The molecule has 0 aliphatic rings. The van der Waals surface area contributed by atoms with Crippen LogP contribution in [0.2, 0.25) is 0 Å². The van der Waals surface area contributed by atoms with Crippen molar-refractivity contribution in [1.82, 2.24) is 9.29 Å². The van der Waals surface area contributed by atoms with Gasteiger partial charge in [-0.3, -0.25) is 9.36 Å². The van der Waals surface area contributed by atoms with Gasteiger partial charge in [-0.1, -0.05) is 36.5 Å². The number of aromatic nitrogens is 1. The molecule has 27 heavy (non-hydrogen) atoms. The van der Waals surface area contributed by atoms with Crippen LogP contribution in [0.25, 0.3) is 10.2 Å². The highest BCUT2D eigenvalue weighted by atomic mass is 32.2. The summed E-state index contributed by atoms with van der Waals surface area (Å²) in [6.45, 7) is 8.48. The summed E-state index contributed by atoms with van der Waals surface area (Å²) in [7, 11) is -3.70. The van der Waals surface area contributed by atoms with Gasteiger partial charge in [-0.05, 0) is 62.1 Å². The van der Waals surface area contributed by atoms with E-state index in [0.29, 0.717) is 17.7 Å². The molecule has 1 atom stereocenters. The smallest absolute Gasteiger partial charge is 0.299 e. The van der Waals surface area contributed by atoms with Crippen LogP contribution < -0.4 is 9.60 Å². The molecular weight excluding hydrogens is 380 g/mol. The Hall–Kier alpha value is -1.96. The fraction of sp³-hybridized carbons (Fsp3) is 0.350. The van der Waals surface area contributed by atoms with Crippen LogP contribution in [0.4, 0.5) is 0 Å². The lowest BCUT2D eigenvalue weighted by atomic mass is 10.0. The quantitative estimate of drug-likeness (QED) is 0.672. The van der Waals surface area contributed by atoms with Gasteiger partial charge in [0, 0.05) is 12.6 Å². The van der Waals surface area contributed by atoms with Gasteiger partial charge in [-0.25, -0.2) is 13.1 Å². The fourth-order valence-electron chi connectivity index (χ4n) is 3.14. The molecule has 1 aromatic heterocycles. The third-order valence-corrected chi connectivity index (χ3v) is 7.32. The lowest BCUT2D eigenvalue weighted by molar-refractivity contribution is 0.550. The molecule has 1 N–H and O–H groups in total. The number of hydrogen-bond donors (Lipinski definition) is 1. The zero-order valence-electron chi connectivity index (χ0n) is 15.9. The van der Waals surface area contributed by atoms with E-state index in [1.165, 1.54) is 5.56 Å². The number of hydrogen-bond acceptors (Lipinski definition) is 4. The first-order chi connectivity index (χ1) is 12.8. The number of nitrogens with one attached hydrogen (secondary N) is 1. The number of benzene rings is 2. The maximum atomic E-state index is 12.9. The van der Waals surface area contributed by atoms with Crippen molar-refractivity contribution in [3.8, 4) is 0 Å². The van der Waals surface area contributed by atoms with Crippen LogP contribution in [-0.4, -0.2) is 13.0 Å². The van der Waals surface area contributed by atoms with Gasteiger partial charge in [0.05, 0.1) is 15.1 Å². The average Bonchev–Trinajstić information content (AvgIpc) is 2.96. The number of aryl methyl sites for hydroxylation is 3. The normalized spacial score (nSPS) is 13.2. The van der Waals surface area contributed by atoms with E-state index in [-0.39, 0.29) is 15.8 Å². The molecule has 0 saturated carbocycles. The third-order valence-electron chi connectivity index (χ3n) is 4.91. The fourth-order valence-corrected chi connectivity index (χ4v) is 5.54. The standard InChI is InChI=1S/C20H24N2O3S2/c1-5-17(15-8-7-13(3)14(4)11-15)21-27(24,25)16-9-10-18-19(12-16)26-20(23)22(18)6-2/h7-12,17,21H,5-6H2,1-4H3.